The van der Waals surface area contributed by atoms with Crippen molar-refractivity contribution >= 4 is 49.3 Å². The average Bonchev–Trinajstić information content (AvgIpc) is 3.91. The summed E-state index contributed by atoms with van der Waals surface area (Å²) in [4.78, 5) is 15.4. The largest absolute Gasteiger partial charge is 0.456 e. The lowest BCUT2D eigenvalue weighted by atomic mass is 9.81. The Morgan fingerprint density at radius 2 is 1.22 bits per heavy atom. The van der Waals surface area contributed by atoms with E-state index in [4.69, 9.17) is 19.4 Å². The first kappa shape index (κ1) is 33.7. The monoisotopic (exact) mass is 758 g/mol. The van der Waals surface area contributed by atoms with Gasteiger partial charge in [-0.3, -0.25) is 0 Å². The van der Waals surface area contributed by atoms with Gasteiger partial charge in [-0.05, 0) is 94.3 Å². The molecule has 5 nitrogen and oxygen atoms in total. The van der Waals surface area contributed by atoms with Crippen LogP contribution in [0.3, 0.4) is 0 Å². The fraction of sp³-hybridized carbons (Fsp3) is 0.0926. The number of hydrogen-bond donors (Lipinski definition) is 0. The lowest BCUT2D eigenvalue weighted by molar-refractivity contribution is 0.660. The molecule has 59 heavy (non-hydrogen) atoms. The van der Waals surface area contributed by atoms with E-state index in [0.29, 0.717) is 17.5 Å². The molecule has 0 saturated heterocycles. The van der Waals surface area contributed by atoms with E-state index in [1.807, 2.05) is 30.3 Å². The SMILES string of the molecule is CC1(C)c2ccccc2-c2ccc(-c3ccc4c(c3)c3ccccc3n4-c3cc(-c4nc(C5=CC=CCC5)nc(-c5ccccc5)n4)cc4oc5ccccc5c34)cc21. The lowest BCUT2D eigenvalue weighted by Crippen LogP contribution is -2.14. The van der Waals surface area contributed by atoms with Crippen molar-refractivity contribution < 1.29 is 4.42 Å². The van der Waals surface area contributed by atoms with Gasteiger partial charge in [0, 0.05) is 32.7 Å². The molecule has 12 rings (SSSR count). The second kappa shape index (κ2) is 12.8. The first-order valence-electron chi connectivity index (χ1n) is 20.4. The summed E-state index contributed by atoms with van der Waals surface area (Å²) in [5.74, 6) is 1.96. The molecule has 0 unspecified atom stereocenters. The summed E-state index contributed by atoms with van der Waals surface area (Å²) < 4.78 is 9.09. The number of benzene rings is 7. The highest BCUT2D eigenvalue weighted by atomic mass is 16.3. The first-order chi connectivity index (χ1) is 29.0. The summed E-state index contributed by atoms with van der Waals surface area (Å²) in [6.45, 7) is 4.69. The molecule has 0 radical (unpaired) electrons. The maximum Gasteiger partial charge on any atom is 0.164 e. The zero-order valence-electron chi connectivity index (χ0n) is 32.8. The minimum absolute atomic E-state index is 0.0721. The number of aromatic nitrogens is 4. The van der Waals surface area contributed by atoms with Gasteiger partial charge in [0.25, 0.3) is 0 Å². The Balaban J connectivity index is 1.09. The molecular weight excluding hydrogens is 721 g/mol. The van der Waals surface area contributed by atoms with Crippen molar-refractivity contribution in [2.45, 2.75) is 32.1 Å². The standard InChI is InChI=1S/C54H38N4O/c1-54(2)43-22-12-9-19-38(43)39-27-25-36(30-44(39)54)35-26-28-46-42(29-35)40-20-10-13-23-45(40)58(46)47-31-37(32-49-50(47)41-21-11-14-24-48(41)59-49)53-56-51(33-15-5-3-6-16-33)55-52(57-53)34-17-7-4-8-18-34/h3-7,9-17,19-32H,8,18H2,1-2H3. The molecule has 0 saturated carbocycles. The van der Waals surface area contributed by atoms with E-state index in [9.17, 15) is 0 Å². The number of nitrogens with zero attached hydrogens (tertiary/aromatic N) is 4. The predicted octanol–water partition coefficient (Wildman–Crippen LogP) is 13.9. The third-order valence-electron chi connectivity index (χ3n) is 12.5. The zero-order valence-corrected chi connectivity index (χ0v) is 32.8. The molecule has 3 aromatic heterocycles. The molecule has 5 heteroatoms. The maximum atomic E-state index is 6.69. The molecule has 0 N–H and O–H groups in total. The minimum Gasteiger partial charge on any atom is -0.456 e. The van der Waals surface area contributed by atoms with Gasteiger partial charge in [-0.25, -0.2) is 15.0 Å². The Morgan fingerprint density at radius 3 is 2.08 bits per heavy atom. The van der Waals surface area contributed by atoms with E-state index in [1.54, 1.807) is 0 Å². The molecule has 0 bridgehead atoms. The highest BCUT2D eigenvalue weighted by molar-refractivity contribution is 6.15. The predicted molar refractivity (Wildman–Crippen MR) is 242 cm³/mol. The third kappa shape index (κ3) is 5.21. The van der Waals surface area contributed by atoms with Crippen LogP contribution in [0, 0.1) is 0 Å². The molecule has 2 aliphatic rings. The van der Waals surface area contributed by atoms with E-state index >= 15 is 0 Å². The molecule has 0 aliphatic heterocycles. The van der Waals surface area contributed by atoms with Gasteiger partial charge in [0.1, 0.15) is 11.2 Å². The third-order valence-corrected chi connectivity index (χ3v) is 12.5. The van der Waals surface area contributed by atoms with Crippen molar-refractivity contribution in [2.24, 2.45) is 0 Å². The van der Waals surface area contributed by atoms with E-state index < -0.39 is 0 Å². The molecule has 3 heterocycles. The Labute approximate surface area is 341 Å². The number of hydrogen-bond acceptors (Lipinski definition) is 4. The molecule has 0 spiro atoms. The average molecular weight is 759 g/mol. The van der Waals surface area contributed by atoms with Crippen LogP contribution in [0.4, 0.5) is 0 Å². The fourth-order valence-electron chi connectivity index (χ4n) is 9.59. The van der Waals surface area contributed by atoms with Crippen LogP contribution in [-0.4, -0.2) is 19.5 Å². The highest BCUT2D eigenvalue weighted by Crippen LogP contribution is 2.50. The second-order valence-corrected chi connectivity index (χ2v) is 16.3. The van der Waals surface area contributed by atoms with E-state index in [2.05, 4.69) is 158 Å². The number of allylic oxidation sites excluding steroid dienone is 4. The van der Waals surface area contributed by atoms with Crippen molar-refractivity contribution in [2.75, 3.05) is 0 Å². The summed E-state index contributed by atoms with van der Waals surface area (Å²) in [5.41, 5.74) is 15.6. The number of rotatable bonds is 5. The van der Waals surface area contributed by atoms with Crippen LogP contribution in [0.1, 0.15) is 43.6 Å². The summed E-state index contributed by atoms with van der Waals surface area (Å²) >= 11 is 0. The van der Waals surface area contributed by atoms with Gasteiger partial charge in [0.15, 0.2) is 17.5 Å². The highest BCUT2D eigenvalue weighted by Gasteiger charge is 2.35. The van der Waals surface area contributed by atoms with Gasteiger partial charge >= 0.3 is 0 Å². The molecular formula is C54H38N4O. The van der Waals surface area contributed by atoms with Gasteiger partial charge in [-0.1, -0.05) is 141 Å². The molecule has 0 amide bonds. The Morgan fingerprint density at radius 1 is 0.525 bits per heavy atom. The van der Waals surface area contributed by atoms with Crippen molar-refractivity contribution in [1.82, 2.24) is 19.5 Å². The van der Waals surface area contributed by atoms with Crippen LogP contribution < -0.4 is 0 Å². The summed E-state index contributed by atoms with van der Waals surface area (Å²) in [5, 5.41) is 4.50. The maximum absolute atomic E-state index is 6.69. The van der Waals surface area contributed by atoms with Crippen LogP contribution in [0.25, 0.3) is 100 Å². The van der Waals surface area contributed by atoms with E-state index in [-0.39, 0.29) is 5.41 Å². The first-order valence-corrected chi connectivity index (χ1v) is 20.4. The smallest absolute Gasteiger partial charge is 0.164 e. The topological polar surface area (TPSA) is 56.7 Å². The van der Waals surface area contributed by atoms with Crippen molar-refractivity contribution in [3.63, 3.8) is 0 Å². The summed E-state index contributed by atoms with van der Waals surface area (Å²) in [6, 6.07) is 54.4. The molecule has 0 fully saturated rings. The van der Waals surface area contributed by atoms with Gasteiger partial charge in [0.05, 0.1) is 22.1 Å². The quantitative estimate of drug-likeness (QED) is 0.175. The Bertz CT molecular complexity index is 3420. The summed E-state index contributed by atoms with van der Waals surface area (Å²) in [6.07, 6.45) is 8.24. The molecule has 280 valence electrons. The molecule has 10 aromatic rings. The van der Waals surface area contributed by atoms with Crippen LogP contribution in [-0.2, 0) is 5.41 Å². The number of para-hydroxylation sites is 2. The zero-order chi connectivity index (χ0) is 39.2. The number of fused-ring (bicyclic) bond motifs is 9. The van der Waals surface area contributed by atoms with Crippen LogP contribution in [0.2, 0.25) is 0 Å². The van der Waals surface area contributed by atoms with Gasteiger partial charge in [0.2, 0.25) is 0 Å². The molecule has 7 aromatic carbocycles. The minimum atomic E-state index is -0.0721. The van der Waals surface area contributed by atoms with Crippen LogP contribution >= 0.6 is 0 Å². The Kier molecular flexibility index (Phi) is 7.33. The molecule has 2 aliphatic carbocycles. The normalized spacial score (nSPS) is 14.3. The van der Waals surface area contributed by atoms with Crippen LogP contribution in [0.5, 0.6) is 0 Å². The lowest BCUT2D eigenvalue weighted by Gasteiger charge is -2.22. The Hall–Kier alpha value is -7.37. The number of furan rings is 1. The molecule has 0 atom stereocenters. The van der Waals surface area contributed by atoms with Gasteiger partial charge in [-0.15, -0.1) is 0 Å². The van der Waals surface area contributed by atoms with Crippen molar-refractivity contribution in [1.29, 1.82) is 0 Å². The van der Waals surface area contributed by atoms with E-state index in [1.165, 1.54) is 44.2 Å². The van der Waals surface area contributed by atoms with Crippen LogP contribution in [0.15, 0.2) is 174 Å². The summed E-state index contributed by atoms with van der Waals surface area (Å²) in [7, 11) is 0. The van der Waals surface area contributed by atoms with Crippen molar-refractivity contribution in [3.05, 3.63) is 187 Å². The fourth-order valence-corrected chi connectivity index (χ4v) is 9.59. The van der Waals surface area contributed by atoms with Gasteiger partial charge < -0.3 is 8.98 Å². The van der Waals surface area contributed by atoms with E-state index in [0.717, 1.165) is 68.2 Å². The van der Waals surface area contributed by atoms with Gasteiger partial charge in [-0.2, -0.15) is 0 Å². The van der Waals surface area contributed by atoms with Crippen molar-refractivity contribution in [3.8, 4) is 50.7 Å². The second-order valence-electron chi connectivity index (χ2n) is 16.3.